The van der Waals surface area contributed by atoms with Crippen molar-refractivity contribution in [1.29, 1.82) is 0 Å². The van der Waals surface area contributed by atoms with Crippen molar-refractivity contribution in [2.75, 3.05) is 12.8 Å². The lowest BCUT2D eigenvalue weighted by Gasteiger charge is -2.08. The van der Waals surface area contributed by atoms with Crippen LogP contribution in [0.15, 0.2) is 59.5 Å². The first kappa shape index (κ1) is 23.3. The van der Waals surface area contributed by atoms with Crippen LogP contribution in [0.5, 0.6) is 0 Å². The molecule has 0 fully saturated rings. The number of primary sulfonamides is 1. The molecule has 1 heterocycles. The van der Waals surface area contributed by atoms with Crippen LogP contribution in [0.1, 0.15) is 5.69 Å². The number of aromatic nitrogens is 2. The Morgan fingerprint density at radius 2 is 1.90 bits per heavy atom. The number of nitrogens with two attached hydrogens (primary N) is 1. The standard InChI is InChI=1S/C20H17ClN4O3S3/c1-24(26)20(29)30-12-2-3-16-13-19(14-4-6-15(21)7-5-14)25(23-16)17-8-10-18(11-9-17)31(22,27)28/h4-11,13,26H,12H2,1H3,(H2,22,27,28). The summed E-state index contributed by atoms with van der Waals surface area (Å²) in [6.07, 6.45) is 0. The molecule has 3 N–H and O–H groups in total. The number of thiocarbonyl (C=S) groups is 1. The van der Waals surface area contributed by atoms with Gasteiger partial charge in [0.1, 0.15) is 5.69 Å². The summed E-state index contributed by atoms with van der Waals surface area (Å²) in [6.45, 7) is 0. The average Bonchev–Trinajstić information content (AvgIpc) is 3.15. The Bertz CT molecular complexity index is 1260. The summed E-state index contributed by atoms with van der Waals surface area (Å²) in [5.74, 6) is 6.33. The van der Waals surface area contributed by atoms with E-state index in [9.17, 15) is 13.6 Å². The third kappa shape index (κ3) is 6.07. The maximum Gasteiger partial charge on any atom is 0.238 e. The molecule has 2 aromatic carbocycles. The molecule has 7 nitrogen and oxygen atoms in total. The number of hydrogen-bond donors (Lipinski definition) is 2. The van der Waals surface area contributed by atoms with Gasteiger partial charge in [0.2, 0.25) is 10.0 Å². The van der Waals surface area contributed by atoms with Gasteiger partial charge in [0.15, 0.2) is 4.32 Å². The van der Waals surface area contributed by atoms with Gasteiger partial charge in [-0.1, -0.05) is 53.6 Å². The van der Waals surface area contributed by atoms with E-state index in [0.717, 1.165) is 16.3 Å². The molecule has 3 rings (SSSR count). The predicted molar refractivity (Wildman–Crippen MR) is 127 cm³/mol. The minimum Gasteiger partial charge on any atom is -0.287 e. The highest BCUT2D eigenvalue weighted by atomic mass is 35.5. The number of rotatable bonds is 4. The Labute approximate surface area is 194 Å². The van der Waals surface area contributed by atoms with Gasteiger partial charge in [-0.15, -0.1) is 0 Å². The molecule has 11 heteroatoms. The molecule has 3 aromatic rings. The zero-order valence-electron chi connectivity index (χ0n) is 16.2. The van der Waals surface area contributed by atoms with Gasteiger partial charge < -0.3 is 0 Å². The van der Waals surface area contributed by atoms with E-state index in [1.807, 2.05) is 18.2 Å². The van der Waals surface area contributed by atoms with Crippen molar-refractivity contribution in [3.63, 3.8) is 0 Å². The molecular formula is C20H17ClN4O3S3. The number of hydrogen-bond acceptors (Lipinski definition) is 6. The molecule has 0 saturated carbocycles. The maximum atomic E-state index is 11.5. The first-order chi connectivity index (χ1) is 14.6. The third-order valence-corrected chi connectivity index (χ3v) is 6.61. The van der Waals surface area contributed by atoms with E-state index in [2.05, 4.69) is 16.9 Å². The number of halogens is 1. The molecule has 0 aliphatic carbocycles. The molecule has 31 heavy (non-hydrogen) atoms. The van der Waals surface area contributed by atoms with Crippen LogP contribution in [-0.2, 0) is 10.0 Å². The average molecular weight is 493 g/mol. The molecule has 0 aliphatic heterocycles. The van der Waals surface area contributed by atoms with Crippen LogP contribution in [0.4, 0.5) is 0 Å². The van der Waals surface area contributed by atoms with Crippen LogP contribution in [0, 0.1) is 11.8 Å². The number of benzene rings is 2. The normalized spacial score (nSPS) is 11.0. The topological polar surface area (TPSA) is 101 Å². The van der Waals surface area contributed by atoms with Crippen molar-refractivity contribution in [1.82, 2.24) is 14.8 Å². The quantitative estimate of drug-likeness (QED) is 0.326. The van der Waals surface area contributed by atoms with E-state index < -0.39 is 10.0 Å². The van der Waals surface area contributed by atoms with E-state index in [4.69, 9.17) is 29.0 Å². The zero-order chi connectivity index (χ0) is 22.6. The predicted octanol–water partition coefficient (Wildman–Crippen LogP) is 3.53. The third-order valence-electron chi connectivity index (χ3n) is 4.01. The second-order valence-corrected chi connectivity index (χ2v) is 9.86. The second-order valence-electron chi connectivity index (χ2n) is 6.25. The Kier molecular flexibility index (Phi) is 7.38. The molecule has 0 aliphatic rings. The van der Waals surface area contributed by atoms with Crippen molar-refractivity contribution < 1.29 is 13.6 Å². The first-order valence-corrected chi connectivity index (χ1v) is 12.0. The molecule has 0 atom stereocenters. The summed E-state index contributed by atoms with van der Waals surface area (Å²) in [5.41, 5.74) is 2.77. The molecular weight excluding hydrogens is 476 g/mol. The number of nitrogens with zero attached hydrogens (tertiary/aromatic N) is 3. The highest BCUT2D eigenvalue weighted by Gasteiger charge is 2.13. The highest BCUT2D eigenvalue weighted by Crippen LogP contribution is 2.26. The Balaban J connectivity index is 1.97. The lowest BCUT2D eigenvalue weighted by Crippen LogP contribution is -2.17. The summed E-state index contributed by atoms with van der Waals surface area (Å²) >= 11 is 12.2. The van der Waals surface area contributed by atoms with Crippen molar-refractivity contribution in [2.24, 2.45) is 5.14 Å². The molecule has 0 spiro atoms. The van der Waals surface area contributed by atoms with E-state index in [1.165, 1.54) is 30.9 Å². The minimum absolute atomic E-state index is 0.0123. The number of thioether (sulfide) groups is 1. The molecule has 0 saturated heterocycles. The van der Waals surface area contributed by atoms with Gasteiger partial charge in [-0.3, -0.25) is 5.21 Å². The fourth-order valence-corrected chi connectivity index (χ4v) is 3.83. The van der Waals surface area contributed by atoms with Gasteiger partial charge in [0.05, 0.1) is 22.0 Å². The lowest BCUT2D eigenvalue weighted by atomic mass is 10.1. The van der Waals surface area contributed by atoms with Gasteiger partial charge in [-0.25, -0.2) is 23.3 Å². The van der Waals surface area contributed by atoms with Crippen LogP contribution in [0.25, 0.3) is 16.9 Å². The van der Waals surface area contributed by atoms with Crippen molar-refractivity contribution in [3.8, 4) is 28.8 Å². The van der Waals surface area contributed by atoms with E-state index >= 15 is 0 Å². The molecule has 0 amide bonds. The van der Waals surface area contributed by atoms with Gasteiger partial charge >= 0.3 is 0 Å². The highest BCUT2D eigenvalue weighted by molar-refractivity contribution is 8.23. The second kappa shape index (κ2) is 9.82. The molecule has 0 bridgehead atoms. The van der Waals surface area contributed by atoms with E-state index in [1.54, 1.807) is 28.9 Å². The van der Waals surface area contributed by atoms with Crippen molar-refractivity contribution >= 4 is 49.9 Å². The van der Waals surface area contributed by atoms with Crippen LogP contribution >= 0.6 is 35.6 Å². The summed E-state index contributed by atoms with van der Waals surface area (Å²) in [4.78, 5) is 0.0123. The van der Waals surface area contributed by atoms with E-state index in [-0.39, 0.29) is 4.90 Å². The number of sulfonamides is 1. The molecule has 1 aromatic heterocycles. The Morgan fingerprint density at radius 1 is 1.26 bits per heavy atom. The summed E-state index contributed by atoms with van der Waals surface area (Å²) in [7, 11) is -2.34. The summed E-state index contributed by atoms with van der Waals surface area (Å²) in [6, 6.07) is 15.2. The number of hydroxylamine groups is 2. The fourth-order valence-electron chi connectivity index (χ4n) is 2.56. The fraction of sp³-hybridized carbons (Fsp3) is 0.100. The van der Waals surface area contributed by atoms with E-state index in [0.29, 0.717) is 26.5 Å². The van der Waals surface area contributed by atoms with Gasteiger partial charge in [-0.2, -0.15) is 5.10 Å². The maximum absolute atomic E-state index is 11.5. The van der Waals surface area contributed by atoms with Crippen LogP contribution in [0.3, 0.4) is 0 Å². The first-order valence-electron chi connectivity index (χ1n) is 8.72. The Morgan fingerprint density at radius 3 is 2.48 bits per heavy atom. The van der Waals surface area contributed by atoms with Crippen molar-refractivity contribution in [2.45, 2.75) is 4.90 Å². The van der Waals surface area contributed by atoms with Gasteiger partial charge in [-0.05, 0) is 42.3 Å². The molecule has 0 unspecified atom stereocenters. The van der Waals surface area contributed by atoms with Gasteiger partial charge in [0.25, 0.3) is 0 Å². The lowest BCUT2D eigenvalue weighted by molar-refractivity contribution is 0.0205. The monoisotopic (exact) mass is 492 g/mol. The van der Waals surface area contributed by atoms with Crippen LogP contribution < -0.4 is 5.14 Å². The van der Waals surface area contributed by atoms with Crippen LogP contribution in [-0.4, -0.2) is 45.6 Å². The largest absolute Gasteiger partial charge is 0.287 e. The van der Waals surface area contributed by atoms with Crippen molar-refractivity contribution in [3.05, 3.63) is 65.3 Å². The smallest absolute Gasteiger partial charge is 0.238 e. The Hall–Kier alpha value is -2.39. The van der Waals surface area contributed by atoms with Crippen LogP contribution in [0.2, 0.25) is 5.02 Å². The summed E-state index contributed by atoms with van der Waals surface area (Å²) in [5, 5.41) is 20.5. The zero-order valence-corrected chi connectivity index (χ0v) is 19.4. The van der Waals surface area contributed by atoms with Gasteiger partial charge in [0, 0.05) is 23.7 Å². The molecule has 0 radical (unpaired) electrons. The minimum atomic E-state index is -3.79. The summed E-state index contributed by atoms with van der Waals surface area (Å²) < 4.78 is 25.1. The SMILES string of the molecule is CN(O)C(=S)SCC#Cc1cc(-c2ccc(Cl)cc2)n(-c2ccc(S(N)(=O)=O)cc2)n1. The molecule has 160 valence electrons.